The Bertz CT molecular complexity index is 807. The highest BCUT2D eigenvalue weighted by molar-refractivity contribution is 5.74. The van der Waals surface area contributed by atoms with Crippen LogP contribution in [-0.4, -0.2) is 10.3 Å². The van der Waals surface area contributed by atoms with Gasteiger partial charge in [0.25, 0.3) is 0 Å². The zero-order valence-electron chi connectivity index (χ0n) is 11.8. The van der Waals surface area contributed by atoms with Crippen LogP contribution >= 0.6 is 0 Å². The Hall–Kier alpha value is -2.53. The van der Waals surface area contributed by atoms with Crippen LogP contribution in [0, 0.1) is 18.6 Å². The minimum absolute atomic E-state index is 0.227. The number of benzene rings is 2. The second-order valence-electron chi connectivity index (χ2n) is 4.97. The average Bonchev–Trinajstić information content (AvgIpc) is 2.90. The van der Waals surface area contributed by atoms with Gasteiger partial charge in [-0.25, -0.2) is 8.78 Å². The number of aromatic nitrogens is 1. The lowest BCUT2D eigenvalue weighted by Crippen LogP contribution is -1.92. The number of hydrogen-bond acceptors (Lipinski definition) is 3. The molecule has 0 fully saturated rings. The second kappa shape index (κ2) is 5.69. The van der Waals surface area contributed by atoms with E-state index in [0.29, 0.717) is 11.3 Å². The van der Waals surface area contributed by atoms with Crippen molar-refractivity contribution in [2.45, 2.75) is 13.5 Å². The minimum Gasteiger partial charge on any atom is -0.391 e. The quantitative estimate of drug-likeness (QED) is 0.792. The maximum absolute atomic E-state index is 13.4. The van der Waals surface area contributed by atoms with Gasteiger partial charge < -0.3 is 9.63 Å². The van der Waals surface area contributed by atoms with Gasteiger partial charge in [0.1, 0.15) is 17.3 Å². The van der Waals surface area contributed by atoms with Crippen LogP contribution in [0.5, 0.6) is 0 Å². The van der Waals surface area contributed by atoms with Crippen molar-refractivity contribution in [1.29, 1.82) is 0 Å². The molecular weight excluding hydrogens is 288 g/mol. The Kier molecular flexibility index (Phi) is 3.73. The van der Waals surface area contributed by atoms with Gasteiger partial charge in [-0.15, -0.1) is 0 Å². The molecule has 0 aliphatic carbocycles. The monoisotopic (exact) mass is 301 g/mol. The standard InChI is InChI=1S/C17H13F2NO2/c1-10-4-2-3-5-14(10)17-15(9-21)16(20-22-17)11-6-12(18)8-13(19)7-11/h2-8,21H,9H2,1H3. The van der Waals surface area contributed by atoms with Crippen LogP contribution in [-0.2, 0) is 6.61 Å². The lowest BCUT2D eigenvalue weighted by atomic mass is 10.00. The summed E-state index contributed by atoms with van der Waals surface area (Å²) in [5, 5.41) is 13.5. The van der Waals surface area contributed by atoms with Crippen molar-refractivity contribution in [3.63, 3.8) is 0 Å². The van der Waals surface area contributed by atoms with E-state index in [9.17, 15) is 13.9 Å². The Morgan fingerprint density at radius 1 is 1.09 bits per heavy atom. The summed E-state index contributed by atoms with van der Waals surface area (Å²) in [6, 6.07) is 10.6. The lowest BCUT2D eigenvalue weighted by Gasteiger charge is -2.04. The molecule has 0 radical (unpaired) electrons. The molecule has 5 heteroatoms. The fraction of sp³-hybridized carbons (Fsp3) is 0.118. The Morgan fingerprint density at radius 2 is 1.77 bits per heavy atom. The first kappa shape index (κ1) is 14.4. The molecule has 0 spiro atoms. The van der Waals surface area contributed by atoms with Crippen LogP contribution in [0.4, 0.5) is 8.78 Å². The van der Waals surface area contributed by atoms with Crippen LogP contribution in [0.3, 0.4) is 0 Å². The van der Waals surface area contributed by atoms with E-state index in [0.717, 1.165) is 29.3 Å². The van der Waals surface area contributed by atoms with Gasteiger partial charge >= 0.3 is 0 Å². The van der Waals surface area contributed by atoms with Gasteiger partial charge in [0.15, 0.2) is 5.76 Å². The van der Waals surface area contributed by atoms with Crippen molar-refractivity contribution >= 4 is 0 Å². The zero-order valence-corrected chi connectivity index (χ0v) is 11.8. The van der Waals surface area contributed by atoms with E-state index in [-0.39, 0.29) is 17.9 Å². The molecular formula is C17H13F2NO2. The summed E-state index contributed by atoms with van der Waals surface area (Å²) in [7, 11) is 0. The van der Waals surface area contributed by atoms with Crippen molar-refractivity contribution in [3.05, 3.63) is 65.2 Å². The number of aliphatic hydroxyl groups is 1. The molecule has 0 atom stereocenters. The molecule has 22 heavy (non-hydrogen) atoms. The van der Waals surface area contributed by atoms with E-state index in [4.69, 9.17) is 4.52 Å². The number of halogens is 2. The first-order chi connectivity index (χ1) is 10.6. The predicted molar refractivity (Wildman–Crippen MR) is 78.0 cm³/mol. The first-order valence-corrected chi connectivity index (χ1v) is 6.72. The highest BCUT2D eigenvalue weighted by Gasteiger charge is 2.20. The summed E-state index contributed by atoms with van der Waals surface area (Å²) in [5.74, 6) is -1.01. The maximum atomic E-state index is 13.4. The molecule has 0 amide bonds. The minimum atomic E-state index is -0.709. The van der Waals surface area contributed by atoms with Gasteiger partial charge in [-0.1, -0.05) is 29.4 Å². The Balaban J connectivity index is 2.18. The summed E-state index contributed by atoms with van der Waals surface area (Å²) in [5.41, 5.74) is 2.59. The third-order valence-corrected chi connectivity index (χ3v) is 3.47. The van der Waals surface area contributed by atoms with Gasteiger partial charge in [-0.2, -0.15) is 0 Å². The topological polar surface area (TPSA) is 46.3 Å². The third-order valence-electron chi connectivity index (χ3n) is 3.47. The van der Waals surface area contributed by atoms with E-state index in [1.165, 1.54) is 0 Å². The van der Waals surface area contributed by atoms with Crippen LogP contribution in [0.25, 0.3) is 22.6 Å². The molecule has 0 saturated heterocycles. The van der Waals surface area contributed by atoms with E-state index in [1.54, 1.807) is 0 Å². The molecule has 112 valence electrons. The second-order valence-corrected chi connectivity index (χ2v) is 4.97. The Labute approximate surface area is 125 Å². The summed E-state index contributed by atoms with van der Waals surface area (Å²) in [6.45, 7) is 1.56. The molecule has 0 unspecified atom stereocenters. The molecule has 3 aromatic rings. The van der Waals surface area contributed by atoms with E-state index >= 15 is 0 Å². The summed E-state index contributed by atoms with van der Waals surface area (Å²) in [6.07, 6.45) is 0. The van der Waals surface area contributed by atoms with Crippen molar-refractivity contribution in [3.8, 4) is 22.6 Å². The smallest absolute Gasteiger partial charge is 0.173 e. The largest absolute Gasteiger partial charge is 0.391 e. The first-order valence-electron chi connectivity index (χ1n) is 6.72. The van der Waals surface area contributed by atoms with E-state index in [2.05, 4.69) is 5.16 Å². The number of aliphatic hydroxyl groups excluding tert-OH is 1. The van der Waals surface area contributed by atoms with Crippen LogP contribution in [0.2, 0.25) is 0 Å². The molecule has 3 rings (SSSR count). The normalized spacial score (nSPS) is 10.9. The van der Waals surface area contributed by atoms with Crippen molar-refractivity contribution in [2.75, 3.05) is 0 Å². The summed E-state index contributed by atoms with van der Waals surface area (Å²) >= 11 is 0. The highest BCUT2D eigenvalue weighted by atomic mass is 19.1. The molecule has 1 N–H and O–H groups in total. The lowest BCUT2D eigenvalue weighted by molar-refractivity contribution is 0.281. The molecule has 1 aromatic heterocycles. The van der Waals surface area contributed by atoms with E-state index in [1.807, 2.05) is 31.2 Å². The van der Waals surface area contributed by atoms with Crippen LogP contribution in [0.15, 0.2) is 47.0 Å². The van der Waals surface area contributed by atoms with Gasteiger partial charge in [0, 0.05) is 17.2 Å². The van der Waals surface area contributed by atoms with Crippen molar-refractivity contribution in [2.24, 2.45) is 0 Å². The predicted octanol–water partition coefficient (Wildman–Crippen LogP) is 4.09. The van der Waals surface area contributed by atoms with Gasteiger partial charge in [0.2, 0.25) is 0 Å². The SMILES string of the molecule is Cc1ccccc1-c1onc(-c2cc(F)cc(F)c2)c1CO. The number of aryl methyl sites for hydroxylation is 1. The fourth-order valence-corrected chi connectivity index (χ4v) is 2.41. The van der Waals surface area contributed by atoms with E-state index < -0.39 is 11.6 Å². The number of rotatable bonds is 3. The Morgan fingerprint density at radius 3 is 2.41 bits per heavy atom. The fourth-order valence-electron chi connectivity index (χ4n) is 2.41. The zero-order chi connectivity index (χ0) is 15.7. The summed E-state index contributed by atoms with van der Waals surface area (Å²) in [4.78, 5) is 0. The molecule has 0 saturated carbocycles. The maximum Gasteiger partial charge on any atom is 0.173 e. The van der Waals surface area contributed by atoms with Gasteiger partial charge in [-0.05, 0) is 24.6 Å². The molecule has 3 nitrogen and oxygen atoms in total. The summed E-state index contributed by atoms with van der Waals surface area (Å²) < 4.78 is 32.1. The van der Waals surface area contributed by atoms with Crippen LogP contribution in [0.1, 0.15) is 11.1 Å². The molecule has 0 aliphatic heterocycles. The third kappa shape index (κ3) is 2.51. The van der Waals surface area contributed by atoms with Crippen LogP contribution < -0.4 is 0 Å². The molecule has 0 aliphatic rings. The highest BCUT2D eigenvalue weighted by Crippen LogP contribution is 2.34. The molecule has 2 aromatic carbocycles. The van der Waals surface area contributed by atoms with Crippen molar-refractivity contribution in [1.82, 2.24) is 5.16 Å². The van der Waals surface area contributed by atoms with Gasteiger partial charge in [0.05, 0.1) is 12.2 Å². The average molecular weight is 301 g/mol. The molecule has 0 bridgehead atoms. The number of hydrogen-bond donors (Lipinski definition) is 1. The molecule has 1 heterocycles. The number of nitrogens with zero attached hydrogens (tertiary/aromatic N) is 1. The van der Waals surface area contributed by atoms with Crippen molar-refractivity contribution < 1.29 is 18.4 Å². The van der Waals surface area contributed by atoms with Gasteiger partial charge in [-0.3, -0.25) is 0 Å².